The van der Waals surface area contributed by atoms with Gasteiger partial charge < -0.3 is 11.1 Å². The molecule has 0 aliphatic rings. The van der Waals surface area contributed by atoms with Crippen LogP contribution in [-0.2, 0) is 4.79 Å². The standard InChI is InChI=1S/C10H22N2OS/c1-3-4-5-7-12-10(13)9(11)6-8-14-2/h9H,3-8,11H2,1-2H3,(H,12,13)/t9-/m0/s1. The van der Waals surface area contributed by atoms with Gasteiger partial charge in [-0.3, -0.25) is 4.79 Å². The summed E-state index contributed by atoms with van der Waals surface area (Å²) >= 11 is 1.72. The van der Waals surface area contributed by atoms with Gasteiger partial charge in [-0.15, -0.1) is 0 Å². The SMILES string of the molecule is CCCCCNC(=O)[C@@H](N)CCSC. The number of rotatable bonds is 8. The number of nitrogens with one attached hydrogen (secondary N) is 1. The van der Waals surface area contributed by atoms with E-state index >= 15 is 0 Å². The first-order valence-corrected chi connectivity index (χ1v) is 6.64. The Morgan fingerprint density at radius 1 is 1.50 bits per heavy atom. The smallest absolute Gasteiger partial charge is 0.236 e. The lowest BCUT2D eigenvalue weighted by molar-refractivity contribution is -0.122. The van der Waals surface area contributed by atoms with Crippen LogP contribution in [0.2, 0.25) is 0 Å². The molecular weight excluding hydrogens is 196 g/mol. The summed E-state index contributed by atoms with van der Waals surface area (Å²) in [6.07, 6.45) is 6.18. The highest BCUT2D eigenvalue weighted by molar-refractivity contribution is 7.98. The van der Waals surface area contributed by atoms with E-state index in [0.717, 1.165) is 25.1 Å². The molecule has 0 unspecified atom stereocenters. The molecule has 3 nitrogen and oxygen atoms in total. The minimum atomic E-state index is -0.330. The van der Waals surface area contributed by atoms with E-state index in [2.05, 4.69) is 12.2 Å². The van der Waals surface area contributed by atoms with E-state index in [9.17, 15) is 4.79 Å². The van der Waals surface area contributed by atoms with Gasteiger partial charge in [-0.25, -0.2) is 0 Å². The van der Waals surface area contributed by atoms with Gasteiger partial charge >= 0.3 is 0 Å². The van der Waals surface area contributed by atoms with E-state index in [1.165, 1.54) is 12.8 Å². The van der Waals surface area contributed by atoms with Gasteiger partial charge in [0.25, 0.3) is 0 Å². The normalized spacial score (nSPS) is 12.5. The second kappa shape index (κ2) is 9.34. The fourth-order valence-electron chi connectivity index (χ4n) is 1.09. The van der Waals surface area contributed by atoms with Crippen molar-refractivity contribution in [1.29, 1.82) is 0 Å². The Morgan fingerprint density at radius 3 is 2.79 bits per heavy atom. The van der Waals surface area contributed by atoms with Crippen molar-refractivity contribution in [2.75, 3.05) is 18.6 Å². The minimum absolute atomic E-state index is 0.00449. The highest BCUT2D eigenvalue weighted by Crippen LogP contribution is 1.98. The van der Waals surface area contributed by atoms with Crippen molar-refractivity contribution in [3.05, 3.63) is 0 Å². The molecule has 3 N–H and O–H groups in total. The molecule has 0 radical (unpaired) electrons. The van der Waals surface area contributed by atoms with E-state index in [1.54, 1.807) is 11.8 Å². The van der Waals surface area contributed by atoms with Crippen LogP contribution in [0, 0.1) is 0 Å². The molecule has 0 saturated heterocycles. The molecule has 1 atom stereocenters. The molecule has 0 aromatic carbocycles. The number of hydrogen-bond acceptors (Lipinski definition) is 3. The number of carbonyl (C=O) groups excluding carboxylic acids is 1. The maximum Gasteiger partial charge on any atom is 0.236 e. The lowest BCUT2D eigenvalue weighted by Crippen LogP contribution is -2.41. The lowest BCUT2D eigenvalue weighted by Gasteiger charge is -2.11. The first-order chi connectivity index (χ1) is 6.72. The van der Waals surface area contributed by atoms with E-state index in [0.29, 0.717) is 0 Å². The average molecular weight is 218 g/mol. The molecule has 84 valence electrons. The van der Waals surface area contributed by atoms with Gasteiger partial charge in [0.2, 0.25) is 5.91 Å². The van der Waals surface area contributed by atoms with Crippen LogP contribution in [0.3, 0.4) is 0 Å². The third-order valence-corrected chi connectivity index (χ3v) is 2.69. The van der Waals surface area contributed by atoms with Crippen LogP contribution >= 0.6 is 11.8 Å². The highest BCUT2D eigenvalue weighted by atomic mass is 32.2. The molecule has 0 spiro atoms. The number of nitrogens with two attached hydrogens (primary N) is 1. The Balaban J connectivity index is 3.42. The van der Waals surface area contributed by atoms with Gasteiger partial charge in [-0.05, 0) is 24.9 Å². The highest BCUT2D eigenvalue weighted by Gasteiger charge is 2.11. The molecule has 0 bridgehead atoms. The number of unbranched alkanes of at least 4 members (excludes halogenated alkanes) is 2. The number of thioether (sulfide) groups is 1. The van der Waals surface area contributed by atoms with Gasteiger partial charge in [0.1, 0.15) is 0 Å². The van der Waals surface area contributed by atoms with Crippen molar-refractivity contribution in [3.8, 4) is 0 Å². The first kappa shape index (κ1) is 13.8. The van der Waals surface area contributed by atoms with E-state index in [-0.39, 0.29) is 11.9 Å². The number of amides is 1. The molecule has 4 heteroatoms. The molecule has 0 aliphatic carbocycles. The maximum atomic E-state index is 11.4. The molecule has 0 aromatic rings. The monoisotopic (exact) mass is 218 g/mol. The molecule has 1 amide bonds. The summed E-state index contributed by atoms with van der Waals surface area (Å²) in [6, 6.07) is -0.330. The van der Waals surface area contributed by atoms with Crippen LogP contribution in [0.15, 0.2) is 0 Å². The fourth-order valence-corrected chi connectivity index (χ4v) is 1.58. The van der Waals surface area contributed by atoms with Crippen LogP contribution < -0.4 is 11.1 Å². The maximum absolute atomic E-state index is 11.4. The summed E-state index contributed by atoms with van der Waals surface area (Å²) in [5.41, 5.74) is 5.69. The Hall–Kier alpha value is -0.220. The predicted molar refractivity (Wildman–Crippen MR) is 63.5 cm³/mol. The second-order valence-electron chi connectivity index (χ2n) is 3.39. The summed E-state index contributed by atoms with van der Waals surface area (Å²) in [6.45, 7) is 2.91. The van der Waals surface area contributed by atoms with E-state index in [1.807, 2.05) is 6.26 Å². The molecule has 0 fully saturated rings. The van der Waals surface area contributed by atoms with E-state index in [4.69, 9.17) is 5.73 Å². The summed E-state index contributed by atoms with van der Waals surface area (Å²) in [7, 11) is 0. The zero-order chi connectivity index (χ0) is 10.8. The molecular formula is C10H22N2OS. The molecule has 0 rings (SSSR count). The largest absolute Gasteiger partial charge is 0.355 e. The summed E-state index contributed by atoms with van der Waals surface area (Å²) in [4.78, 5) is 11.4. The molecule has 0 aliphatic heterocycles. The van der Waals surface area contributed by atoms with Gasteiger partial charge in [0.05, 0.1) is 6.04 Å². The van der Waals surface area contributed by atoms with Gasteiger partial charge in [-0.2, -0.15) is 11.8 Å². The Labute approximate surface area is 91.2 Å². The Morgan fingerprint density at radius 2 is 2.21 bits per heavy atom. The quantitative estimate of drug-likeness (QED) is 0.605. The van der Waals surface area contributed by atoms with Crippen LogP contribution in [0.1, 0.15) is 32.6 Å². The van der Waals surface area contributed by atoms with Gasteiger partial charge in [-0.1, -0.05) is 19.8 Å². The summed E-state index contributed by atoms with van der Waals surface area (Å²) in [5, 5.41) is 2.85. The topological polar surface area (TPSA) is 55.1 Å². The van der Waals surface area contributed by atoms with Gasteiger partial charge in [0.15, 0.2) is 0 Å². The fraction of sp³-hybridized carbons (Fsp3) is 0.900. The number of hydrogen-bond donors (Lipinski definition) is 2. The van der Waals surface area contributed by atoms with Crippen molar-refractivity contribution < 1.29 is 4.79 Å². The second-order valence-corrected chi connectivity index (χ2v) is 4.37. The van der Waals surface area contributed by atoms with Crippen LogP contribution in [-0.4, -0.2) is 30.5 Å². The van der Waals surface area contributed by atoms with Crippen molar-refractivity contribution >= 4 is 17.7 Å². The molecule has 14 heavy (non-hydrogen) atoms. The van der Waals surface area contributed by atoms with E-state index < -0.39 is 0 Å². The molecule has 0 heterocycles. The zero-order valence-corrected chi connectivity index (χ0v) is 10.0. The summed E-state index contributed by atoms with van der Waals surface area (Å²) in [5.74, 6) is 0.943. The Kier molecular flexibility index (Phi) is 9.19. The van der Waals surface area contributed by atoms with Crippen molar-refractivity contribution in [1.82, 2.24) is 5.32 Å². The summed E-state index contributed by atoms with van der Waals surface area (Å²) < 4.78 is 0. The van der Waals surface area contributed by atoms with Crippen molar-refractivity contribution in [2.45, 2.75) is 38.6 Å². The predicted octanol–water partition coefficient (Wildman–Crippen LogP) is 1.37. The minimum Gasteiger partial charge on any atom is -0.355 e. The van der Waals surface area contributed by atoms with Crippen molar-refractivity contribution in [2.24, 2.45) is 5.73 Å². The third kappa shape index (κ3) is 7.21. The molecule has 0 saturated carbocycles. The van der Waals surface area contributed by atoms with Crippen LogP contribution in [0.25, 0.3) is 0 Å². The van der Waals surface area contributed by atoms with Crippen molar-refractivity contribution in [3.63, 3.8) is 0 Å². The average Bonchev–Trinajstić information content (AvgIpc) is 2.20. The van der Waals surface area contributed by atoms with Gasteiger partial charge in [0, 0.05) is 6.54 Å². The third-order valence-electron chi connectivity index (χ3n) is 2.05. The van der Waals surface area contributed by atoms with Crippen LogP contribution in [0.5, 0.6) is 0 Å². The Bertz CT molecular complexity index is 153. The number of carbonyl (C=O) groups is 1. The first-order valence-electron chi connectivity index (χ1n) is 5.24. The lowest BCUT2D eigenvalue weighted by atomic mass is 10.2. The molecule has 0 aromatic heterocycles. The zero-order valence-electron chi connectivity index (χ0n) is 9.21. The van der Waals surface area contributed by atoms with Crippen LogP contribution in [0.4, 0.5) is 0 Å².